The fourth-order valence-corrected chi connectivity index (χ4v) is 8.14. The summed E-state index contributed by atoms with van der Waals surface area (Å²) in [7, 11) is 0. The van der Waals surface area contributed by atoms with E-state index in [-0.39, 0.29) is 0 Å². The molecule has 0 bridgehead atoms. The topological polar surface area (TPSA) is 8.17 Å². The Hall–Kier alpha value is -7.42. The van der Waals surface area contributed by atoms with Gasteiger partial charge in [-0.3, -0.25) is 0 Å². The first-order valence-electron chi connectivity index (χ1n) is 19.2. The standard InChI is InChI=1S/C54H38N2/c1-5-16-39(17-6-1)41-28-33-46(34-29-41)55(47-35-30-42(31-36-47)40-18-7-2-8-19-40)53-37-32-44(38-51(53)43-20-9-3-10-21-43)48-25-15-26-50-49-24-13-14-27-52(49)56(54(48)50)45-22-11-4-12-23-45/h1-38H. The number of rotatable bonds is 8. The molecule has 0 saturated heterocycles. The molecular formula is C54H38N2. The minimum atomic E-state index is 1.09. The van der Waals surface area contributed by atoms with Gasteiger partial charge in [-0.15, -0.1) is 0 Å². The van der Waals surface area contributed by atoms with Crippen LogP contribution >= 0.6 is 0 Å². The van der Waals surface area contributed by atoms with Crippen LogP contribution in [0, 0.1) is 0 Å². The Bertz CT molecular complexity index is 2830. The first kappa shape index (κ1) is 33.2. The summed E-state index contributed by atoms with van der Waals surface area (Å²) in [4.78, 5) is 2.40. The first-order valence-corrected chi connectivity index (χ1v) is 19.2. The minimum Gasteiger partial charge on any atom is -0.310 e. The Balaban J connectivity index is 1.18. The van der Waals surface area contributed by atoms with Crippen molar-refractivity contribution in [2.24, 2.45) is 0 Å². The van der Waals surface area contributed by atoms with Gasteiger partial charge in [-0.25, -0.2) is 0 Å². The van der Waals surface area contributed by atoms with E-state index >= 15 is 0 Å². The average Bonchev–Trinajstić information content (AvgIpc) is 3.63. The molecule has 0 amide bonds. The summed E-state index contributed by atoms with van der Waals surface area (Å²) in [5, 5.41) is 2.49. The van der Waals surface area contributed by atoms with Crippen molar-refractivity contribution in [2.75, 3.05) is 4.90 Å². The molecule has 0 aliphatic rings. The van der Waals surface area contributed by atoms with Crippen LogP contribution in [0.25, 0.3) is 72.0 Å². The van der Waals surface area contributed by atoms with Crippen molar-refractivity contribution in [3.8, 4) is 50.2 Å². The number of anilines is 3. The predicted molar refractivity (Wildman–Crippen MR) is 237 cm³/mol. The summed E-state index contributed by atoms with van der Waals surface area (Å²) in [5.41, 5.74) is 16.3. The zero-order chi connectivity index (χ0) is 37.3. The lowest BCUT2D eigenvalue weighted by molar-refractivity contribution is 1.18. The van der Waals surface area contributed by atoms with Crippen LogP contribution in [0.3, 0.4) is 0 Å². The summed E-state index contributed by atoms with van der Waals surface area (Å²) >= 11 is 0. The Morgan fingerprint density at radius 3 is 1.36 bits per heavy atom. The van der Waals surface area contributed by atoms with Gasteiger partial charge in [0, 0.05) is 39.0 Å². The van der Waals surface area contributed by atoms with Gasteiger partial charge in [-0.2, -0.15) is 0 Å². The van der Waals surface area contributed by atoms with Crippen molar-refractivity contribution >= 4 is 38.9 Å². The van der Waals surface area contributed by atoms with E-state index in [4.69, 9.17) is 0 Å². The lowest BCUT2D eigenvalue weighted by Crippen LogP contribution is -2.11. The molecule has 0 N–H and O–H groups in total. The van der Waals surface area contributed by atoms with Crippen molar-refractivity contribution < 1.29 is 0 Å². The summed E-state index contributed by atoms with van der Waals surface area (Å²) in [6, 6.07) is 83.1. The van der Waals surface area contributed by atoms with E-state index in [1.807, 2.05) is 0 Å². The zero-order valence-electron chi connectivity index (χ0n) is 30.8. The molecule has 1 heterocycles. The highest BCUT2D eigenvalue weighted by molar-refractivity contribution is 6.14. The number of aromatic nitrogens is 1. The maximum Gasteiger partial charge on any atom is 0.0619 e. The third-order valence-corrected chi connectivity index (χ3v) is 10.8. The van der Waals surface area contributed by atoms with Crippen LogP contribution in [0.5, 0.6) is 0 Å². The van der Waals surface area contributed by atoms with Crippen molar-refractivity contribution in [3.63, 3.8) is 0 Å². The Kier molecular flexibility index (Phi) is 8.55. The van der Waals surface area contributed by atoms with Gasteiger partial charge in [0.05, 0.1) is 16.7 Å². The zero-order valence-corrected chi connectivity index (χ0v) is 30.8. The molecule has 0 atom stereocenters. The smallest absolute Gasteiger partial charge is 0.0619 e. The molecule has 0 unspecified atom stereocenters. The van der Waals surface area contributed by atoms with Gasteiger partial charge in [-0.1, -0.05) is 176 Å². The van der Waals surface area contributed by atoms with E-state index < -0.39 is 0 Å². The van der Waals surface area contributed by atoms with Crippen LogP contribution in [-0.4, -0.2) is 4.57 Å². The molecule has 264 valence electrons. The molecular weight excluding hydrogens is 677 g/mol. The van der Waals surface area contributed by atoms with E-state index in [0.717, 1.165) is 39.4 Å². The summed E-state index contributed by atoms with van der Waals surface area (Å²) in [6.07, 6.45) is 0. The Morgan fingerprint density at radius 2 is 0.768 bits per heavy atom. The molecule has 10 rings (SSSR count). The molecule has 0 aliphatic carbocycles. The van der Waals surface area contributed by atoms with Gasteiger partial charge >= 0.3 is 0 Å². The van der Waals surface area contributed by atoms with Crippen LogP contribution < -0.4 is 4.90 Å². The molecule has 0 saturated carbocycles. The van der Waals surface area contributed by atoms with Crippen LogP contribution in [0.4, 0.5) is 17.1 Å². The van der Waals surface area contributed by atoms with Gasteiger partial charge in [-0.05, 0) is 88.0 Å². The number of benzene rings is 9. The summed E-state index contributed by atoms with van der Waals surface area (Å²) < 4.78 is 2.42. The maximum absolute atomic E-state index is 2.42. The molecule has 2 nitrogen and oxygen atoms in total. The largest absolute Gasteiger partial charge is 0.310 e. The van der Waals surface area contributed by atoms with Crippen molar-refractivity contribution in [2.45, 2.75) is 0 Å². The fourth-order valence-electron chi connectivity index (χ4n) is 8.14. The summed E-state index contributed by atoms with van der Waals surface area (Å²) in [5.74, 6) is 0. The van der Waals surface area contributed by atoms with Crippen LogP contribution in [0.1, 0.15) is 0 Å². The highest BCUT2D eigenvalue weighted by atomic mass is 15.1. The third kappa shape index (κ3) is 6.04. The molecule has 0 aliphatic heterocycles. The monoisotopic (exact) mass is 714 g/mol. The molecule has 2 heteroatoms. The lowest BCUT2D eigenvalue weighted by Gasteiger charge is -2.29. The van der Waals surface area contributed by atoms with E-state index in [9.17, 15) is 0 Å². The normalized spacial score (nSPS) is 11.2. The molecule has 0 fully saturated rings. The summed E-state index contributed by atoms with van der Waals surface area (Å²) in [6.45, 7) is 0. The second-order valence-electron chi connectivity index (χ2n) is 14.1. The minimum absolute atomic E-state index is 1.09. The molecule has 1 aromatic heterocycles. The second-order valence-corrected chi connectivity index (χ2v) is 14.1. The van der Waals surface area contributed by atoms with Crippen molar-refractivity contribution in [1.29, 1.82) is 0 Å². The van der Waals surface area contributed by atoms with Crippen LogP contribution in [0.2, 0.25) is 0 Å². The molecule has 10 aromatic rings. The average molecular weight is 715 g/mol. The first-order chi connectivity index (χ1) is 27.8. The highest BCUT2D eigenvalue weighted by Gasteiger charge is 2.21. The maximum atomic E-state index is 2.42. The van der Waals surface area contributed by atoms with Crippen molar-refractivity contribution in [1.82, 2.24) is 4.57 Å². The van der Waals surface area contributed by atoms with Gasteiger partial charge in [0.25, 0.3) is 0 Å². The third-order valence-electron chi connectivity index (χ3n) is 10.8. The number of para-hydroxylation sites is 3. The molecule has 9 aromatic carbocycles. The number of hydrogen-bond acceptors (Lipinski definition) is 1. The fraction of sp³-hybridized carbons (Fsp3) is 0. The number of hydrogen-bond donors (Lipinski definition) is 0. The Morgan fingerprint density at radius 1 is 0.304 bits per heavy atom. The highest BCUT2D eigenvalue weighted by Crippen LogP contribution is 2.45. The van der Waals surface area contributed by atoms with Gasteiger partial charge < -0.3 is 9.47 Å². The van der Waals surface area contributed by atoms with Gasteiger partial charge in [0.15, 0.2) is 0 Å². The molecule has 56 heavy (non-hydrogen) atoms. The second kappa shape index (κ2) is 14.4. The van der Waals surface area contributed by atoms with Gasteiger partial charge in [0.2, 0.25) is 0 Å². The molecule has 0 radical (unpaired) electrons. The van der Waals surface area contributed by atoms with Crippen molar-refractivity contribution in [3.05, 3.63) is 231 Å². The quantitative estimate of drug-likeness (QED) is 0.152. The molecule has 0 spiro atoms. The van der Waals surface area contributed by atoms with Crippen LogP contribution in [0.15, 0.2) is 231 Å². The van der Waals surface area contributed by atoms with E-state index in [2.05, 4.69) is 240 Å². The SMILES string of the molecule is c1ccc(-c2ccc(N(c3ccc(-c4ccccc4)cc3)c3ccc(-c4cccc5c6ccccc6n(-c6ccccc6)c45)cc3-c3ccccc3)cc2)cc1. The predicted octanol–water partition coefficient (Wildman–Crippen LogP) is 14.9. The van der Waals surface area contributed by atoms with E-state index in [1.165, 1.54) is 49.6 Å². The number of nitrogens with zero attached hydrogens (tertiary/aromatic N) is 2. The van der Waals surface area contributed by atoms with Crippen LogP contribution in [-0.2, 0) is 0 Å². The Labute approximate surface area is 327 Å². The van der Waals surface area contributed by atoms with E-state index in [1.54, 1.807) is 0 Å². The van der Waals surface area contributed by atoms with E-state index in [0.29, 0.717) is 0 Å². The lowest BCUT2D eigenvalue weighted by atomic mass is 9.94. The number of fused-ring (bicyclic) bond motifs is 3. The van der Waals surface area contributed by atoms with Gasteiger partial charge in [0.1, 0.15) is 0 Å².